The van der Waals surface area contributed by atoms with Crippen molar-refractivity contribution in [2.24, 2.45) is 0 Å². The van der Waals surface area contributed by atoms with Crippen molar-refractivity contribution < 1.29 is 9.90 Å². The SMILES string of the molecule is O=C(NCCCO)c1cnn2ccncc12. The summed E-state index contributed by atoms with van der Waals surface area (Å²) in [6.45, 7) is 0.517. The van der Waals surface area contributed by atoms with E-state index in [2.05, 4.69) is 15.4 Å². The zero-order chi connectivity index (χ0) is 11.4. The van der Waals surface area contributed by atoms with Crippen molar-refractivity contribution in [2.75, 3.05) is 13.2 Å². The quantitative estimate of drug-likeness (QED) is 0.702. The molecule has 0 aliphatic heterocycles. The largest absolute Gasteiger partial charge is 0.396 e. The van der Waals surface area contributed by atoms with Gasteiger partial charge >= 0.3 is 0 Å². The van der Waals surface area contributed by atoms with E-state index in [1.165, 1.54) is 6.20 Å². The van der Waals surface area contributed by atoms with Gasteiger partial charge in [0.1, 0.15) is 0 Å². The second-order valence-corrected chi connectivity index (χ2v) is 3.30. The lowest BCUT2D eigenvalue weighted by atomic mass is 10.2. The summed E-state index contributed by atoms with van der Waals surface area (Å²) in [5.41, 5.74) is 1.16. The molecule has 2 N–H and O–H groups in total. The van der Waals surface area contributed by atoms with Gasteiger partial charge in [0.2, 0.25) is 0 Å². The maximum Gasteiger partial charge on any atom is 0.255 e. The van der Waals surface area contributed by atoms with Crippen LogP contribution in [0.3, 0.4) is 0 Å². The van der Waals surface area contributed by atoms with Crippen LogP contribution in [0.4, 0.5) is 0 Å². The summed E-state index contributed by atoms with van der Waals surface area (Å²) in [4.78, 5) is 15.7. The maximum absolute atomic E-state index is 11.7. The molecular formula is C10H12N4O2. The fourth-order valence-corrected chi connectivity index (χ4v) is 1.39. The number of hydrogen-bond donors (Lipinski definition) is 2. The van der Waals surface area contributed by atoms with Crippen LogP contribution in [0, 0.1) is 0 Å². The molecule has 0 bridgehead atoms. The second-order valence-electron chi connectivity index (χ2n) is 3.30. The molecule has 2 rings (SSSR count). The molecule has 2 aromatic rings. The smallest absolute Gasteiger partial charge is 0.255 e. The minimum atomic E-state index is -0.198. The second kappa shape index (κ2) is 4.71. The Hall–Kier alpha value is -1.95. The fraction of sp³-hybridized carbons (Fsp3) is 0.300. The van der Waals surface area contributed by atoms with E-state index in [0.29, 0.717) is 24.0 Å². The number of hydrogen-bond acceptors (Lipinski definition) is 4. The lowest BCUT2D eigenvalue weighted by Gasteiger charge is -2.01. The Morgan fingerprint density at radius 2 is 2.38 bits per heavy atom. The number of aromatic nitrogens is 3. The first-order valence-corrected chi connectivity index (χ1v) is 4.99. The van der Waals surface area contributed by atoms with Crippen molar-refractivity contribution in [1.82, 2.24) is 19.9 Å². The molecule has 0 aliphatic carbocycles. The summed E-state index contributed by atoms with van der Waals surface area (Å²) in [7, 11) is 0. The number of aliphatic hydroxyl groups excluding tert-OH is 1. The Kier molecular flexibility index (Phi) is 3.11. The number of amides is 1. The van der Waals surface area contributed by atoms with Gasteiger partial charge in [-0.25, -0.2) is 4.52 Å². The third-order valence-corrected chi connectivity index (χ3v) is 2.19. The van der Waals surface area contributed by atoms with Crippen molar-refractivity contribution in [1.29, 1.82) is 0 Å². The number of nitrogens with zero attached hydrogens (tertiary/aromatic N) is 3. The molecule has 0 atom stereocenters. The molecule has 0 saturated heterocycles. The van der Waals surface area contributed by atoms with Crippen LogP contribution in [0.1, 0.15) is 16.8 Å². The van der Waals surface area contributed by atoms with Gasteiger partial charge in [0.05, 0.1) is 23.5 Å². The van der Waals surface area contributed by atoms with Crippen molar-refractivity contribution in [3.05, 3.63) is 30.4 Å². The summed E-state index contributed by atoms with van der Waals surface area (Å²) < 4.78 is 1.59. The third-order valence-electron chi connectivity index (χ3n) is 2.19. The van der Waals surface area contributed by atoms with Crippen LogP contribution in [0.25, 0.3) is 5.52 Å². The monoisotopic (exact) mass is 220 g/mol. The van der Waals surface area contributed by atoms with E-state index in [1.807, 2.05) is 0 Å². The molecule has 0 aliphatic rings. The molecule has 16 heavy (non-hydrogen) atoms. The summed E-state index contributed by atoms with van der Waals surface area (Å²) in [6.07, 6.45) is 6.93. The Balaban J connectivity index is 2.17. The highest BCUT2D eigenvalue weighted by molar-refractivity contribution is 6.00. The molecular weight excluding hydrogens is 208 g/mol. The van der Waals surface area contributed by atoms with E-state index in [0.717, 1.165) is 0 Å². The molecule has 0 aromatic carbocycles. The molecule has 0 fully saturated rings. The number of nitrogens with one attached hydrogen (secondary N) is 1. The van der Waals surface area contributed by atoms with Gasteiger partial charge in [-0.05, 0) is 6.42 Å². The summed E-state index contributed by atoms with van der Waals surface area (Å²) in [6, 6.07) is 0. The fourth-order valence-electron chi connectivity index (χ4n) is 1.39. The van der Waals surface area contributed by atoms with Gasteiger partial charge in [-0.3, -0.25) is 9.78 Å². The van der Waals surface area contributed by atoms with Crippen molar-refractivity contribution in [2.45, 2.75) is 6.42 Å². The molecule has 0 radical (unpaired) electrons. The number of carbonyl (C=O) groups excluding carboxylic acids is 1. The minimum absolute atomic E-state index is 0.0661. The van der Waals surface area contributed by atoms with Crippen LogP contribution in [0.15, 0.2) is 24.8 Å². The molecule has 2 heterocycles. The summed E-state index contributed by atoms with van der Waals surface area (Å²) >= 11 is 0. The first-order chi connectivity index (χ1) is 7.83. The lowest BCUT2D eigenvalue weighted by molar-refractivity contribution is 0.0953. The Morgan fingerprint density at radius 3 is 3.19 bits per heavy atom. The Morgan fingerprint density at radius 1 is 1.50 bits per heavy atom. The van der Waals surface area contributed by atoms with Crippen LogP contribution in [0.2, 0.25) is 0 Å². The van der Waals surface area contributed by atoms with E-state index < -0.39 is 0 Å². The number of aliphatic hydroxyl groups is 1. The maximum atomic E-state index is 11.7. The lowest BCUT2D eigenvalue weighted by Crippen LogP contribution is -2.24. The van der Waals surface area contributed by atoms with Crippen LogP contribution in [0.5, 0.6) is 0 Å². The molecule has 6 heteroatoms. The zero-order valence-electron chi connectivity index (χ0n) is 8.63. The predicted molar refractivity (Wildman–Crippen MR) is 57.0 cm³/mol. The normalized spacial score (nSPS) is 10.6. The number of fused-ring (bicyclic) bond motifs is 1. The standard InChI is InChI=1S/C10H12N4O2/c15-5-1-2-12-10(16)8-6-13-14-4-3-11-7-9(8)14/h3-4,6-7,15H,1-2,5H2,(H,12,16). The van der Waals surface area contributed by atoms with Gasteiger partial charge in [0, 0.05) is 25.5 Å². The van der Waals surface area contributed by atoms with Crippen molar-refractivity contribution >= 4 is 11.4 Å². The zero-order valence-corrected chi connectivity index (χ0v) is 8.63. The topological polar surface area (TPSA) is 79.5 Å². The van der Waals surface area contributed by atoms with Gasteiger partial charge in [0.25, 0.3) is 5.91 Å². The average molecular weight is 220 g/mol. The van der Waals surface area contributed by atoms with E-state index in [-0.39, 0.29) is 12.5 Å². The molecule has 2 aromatic heterocycles. The van der Waals surface area contributed by atoms with Gasteiger partial charge in [0.15, 0.2) is 0 Å². The van der Waals surface area contributed by atoms with Crippen LogP contribution in [-0.2, 0) is 0 Å². The average Bonchev–Trinajstić information content (AvgIpc) is 2.73. The first kappa shape index (κ1) is 10.6. The van der Waals surface area contributed by atoms with Gasteiger partial charge in [-0.15, -0.1) is 0 Å². The highest BCUT2D eigenvalue weighted by atomic mass is 16.3. The van der Waals surface area contributed by atoms with E-state index >= 15 is 0 Å². The van der Waals surface area contributed by atoms with Crippen LogP contribution < -0.4 is 5.32 Å². The van der Waals surface area contributed by atoms with E-state index in [1.54, 1.807) is 23.1 Å². The minimum Gasteiger partial charge on any atom is -0.396 e. The molecule has 0 spiro atoms. The Bertz CT molecular complexity index is 494. The molecule has 6 nitrogen and oxygen atoms in total. The van der Waals surface area contributed by atoms with E-state index in [9.17, 15) is 4.79 Å². The first-order valence-electron chi connectivity index (χ1n) is 4.99. The molecule has 0 unspecified atom stereocenters. The number of rotatable bonds is 4. The van der Waals surface area contributed by atoms with E-state index in [4.69, 9.17) is 5.11 Å². The molecule has 0 saturated carbocycles. The molecule has 84 valence electrons. The van der Waals surface area contributed by atoms with Crippen LogP contribution >= 0.6 is 0 Å². The van der Waals surface area contributed by atoms with Gasteiger partial charge in [-0.2, -0.15) is 5.10 Å². The summed E-state index contributed by atoms with van der Waals surface area (Å²) in [5, 5.41) is 15.3. The third kappa shape index (κ3) is 2.01. The number of carbonyl (C=O) groups is 1. The Labute approximate surface area is 91.9 Å². The predicted octanol–water partition coefficient (Wildman–Crippen LogP) is -0.159. The van der Waals surface area contributed by atoms with Gasteiger partial charge in [-0.1, -0.05) is 0 Å². The van der Waals surface area contributed by atoms with Gasteiger partial charge < -0.3 is 10.4 Å². The van der Waals surface area contributed by atoms with Crippen molar-refractivity contribution in [3.63, 3.8) is 0 Å². The highest BCUT2D eigenvalue weighted by Gasteiger charge is 2.11. The highest BCUT2D eigenvalue weighted by Crippen LogP contribution is 2.07. The van der Waals surface area contributed by atoms with Crippen molar-refractivity contribution in [3.8, 4) is 0 Å². The van der Waals surface area contributed by atoms with Crippen LogP contribution in [-0.4, -0.2) is 38.8 Å². The summed E-state index contributed by atoms with van der Waals surface area (Å²) in [5.74, 6) is -0.198. The molecule has 1 amide bonds.